The summed E-state index contributed by atoms with van der Waals surface area (Å²) < 4.78 is 7.31. The smallest absolute Gasteiger partial charge is 0.333 e. The van der Waals surface area contributed by atoms with Crippen LogP contribution in [0.5, 0.6) is 0 Å². The molecule has 0 aliphatic carbocycles. The number of rotatable bonds is 2. The highest BCUT2D eigenvalue weighted by molar-refractivity contribution is 6.80. The number of carbonyl (C=O) groups is 2. The molecule has 1 saturated heterocycles. The average molecular weight is 311 g/mol. The number of nitrogens with zero attached hydrogens (tertiary/aromatic N) is 1. The molecule has 4 nitrogen and oxygen atoms in total. The summed E-state index contributed by atoms with van der Waals surface area (Å²) in [6.45, 7) is 18.0. The lowest BCUT2D eigenvalue weighted by Crippen LogP contribution is -2.71. The molecule has 1 amide bonds. The van der Waals surface area contributed by atoms with E-state index in [0.29, 0.717) is 5.57 Å². The Hall–Kier alpha value is -1.10. The summed E-state index contributed by atoms with van der Waals surface area (Å²) in [5.74, 6) is -0.333. The molecule has 1 fully saturated rings. The van der Waals surface area contributed by atoms with E-state index in [4.69, 9.17) is 4.74 Å². The molecule has 1 atom stereocenters. The zero-order chi connectivity index (χ0) is 16.8. The molecule has 120 valence electrons. The van der Waals surface area contributed by atoms with Crippen LogP contribution in [0, 0.1) is 0 Å². The maximum Gasteiger partial charge on any atom is 0.333 e. The molecule has 0 saturated carbocycles. The summed E-state index contributed by atoms with van der Waals surface area (Å²) in [7, 11) is -2.10. The summed E-state index contributed by atoms with van der Waals surface area (Å²) in [5.41, 5.74) is 0.0160. The number of hydrogen-bond acceptors (Lipinski definition) is 3. The number of carbonyl (C=O) groups excluding carboxylic acids is 2. The zero-order valence-corrected chi connectivity index (χ0v) is 15.8. The summed E-state index contributed by atoms with van der Waals surface area (Å²) in [4.78, 5) is 25.0. The molecule has 1 aliphatic rings. The van der Waals surface area contributed by atoms with Gasteiger partial charge in [-0.15, -0.1) is 0 Å². The van der Waals surface area contributed by atoms with Crippen LogP contribution in [0.1, 0.15) is 48.5 Å². The van der Waals surface area contributed by atoms with Crippen LogP contribution in [0.3, 0.4) is 0 Å². The third-order valence-electron chi connectivity index (χ3n) is 4.40. The lowest BCUT2D eigenvalue weighted by Gasteiger charge is -2.54. The molecule has 5 heteroatoms. The quantitative estimate of drug-likeness (QED) is 0.339. The van der Waals surface area contributed by atoms with E-state index in [-0.39, 0.29) is 16.9 Å². The molecule has 1 unspecified atom stereocenters. The predicted octanol–water partition coefficient (Wildman–Crippen LogP) is 3.49. The first-order valence-electron chi connectivity index (χ1n) is 7.47. The number of hydrogen-bond donors (Lipinski definition) is 0. The van der Waals surface area contributed by atoms with Gasteiger partial charge in [-0.25, -0.2) is 4.79 Å². The number of ether oxygens (including phenoxy) is 1. The van der Waals surface area contributed by atoms with Crippen molar-refractivity contribution in [2.75, 3.05) is 0 Å². The first-order chi connectivity index (χ1) is 9.24. The monoisotopic (exact) mass is 311 g/mol. The maximum absolute atomic E-state index is 12.5. The van der Waals surface area contributed by atoms with Gasteiger partial charge < -0.3 is 9.30 Å². The van der Waals surface area contributed by atoms with Crippen molar-refractivity contribution in [2.45, 2.75) is 78.2 Å². The number of amides is 1. The molecule has 0 aromatic carbocycles. The van der Waals surface area contributed by atoms with Crippen LogP contribution in [0.2, 0.25) is 18.1 Å². The highest BCUT2D eigenvalue weighted by atomic mass is 28.3. The minimum Gasteiger partial charge on any atom is -0.458 e. The molecular formula is C16H29NO3Si. The second kappa shape index (κ2) is 5.27. The Labute approximate surface area is 129 Å². The van der Waals surface area contributed by atoms with E-state index in [1.54, 1.807) is 17.6 Å². The Morgan fingerprint density at radius 3 is 2.00 bits per heavy atom. The van der Waals surface area contributed by atoms with E-state index in [1.807, 2.05) is 20.8 Å². The van der Waals surface area contributed by atoms with Crippen LogP contribution in [0.25, 0.3) is 0 Å². The molecule has 21 heavy (non-hydrogen) atoms. The summed E-state index contributed by atoms with van der Waals surface area (Å²) in [6, 6.07) is -0.539. The number of β-lactam (4-membered cyclic amide) rings is 1. The first-order valence-corrected chi connectivity index (χ1v) is 10.4. The van der Waals surface area contributed by atoms with E-state index in [9.17, 15) is 9.59 Å². The Kier molecular flexibility index (Phi) is 4.50. The normalized spacial score (nSPS) is 22.3. The highest BCUT2D eigenvalue weighted by Crippen LogP contribution is 2.44. The van der Waals surface area contributed by atoms with Crippen LogP contribution in [-0.2, 0) is 14.3 Å². The Bertz CT molecular complexity index is 481. The van der Waals surface area contributed by atoms with Crippen molar-refractivity contribution in [2.24, 2.45) is 0 Å². The van der Waals surface area contributed by atoms with E-state index in [2.05, 4.69) is 33.9 Å². The van der Waals surface area contributed by atoms with Crippen LogP contribution in [-0.4, -0.2) is 36.3 Å². The second-order valence-corrected chi connectivity index (χ2v) is 13.3. The molecule has 1 heterocycles. The molecule has 0 aromatic heterocycles. The minimum atomic E-state index is -2.10. The van der Waals surface area contributed by atoms with Gasteiger partial charge >= 0.3 is 5.97 Å². The summed E-state index contributed by atoms with van der Waals surface area (Å²) >= 11 is 0. The number of allylic oxidation sites excluding steroid dienone is 1. The van der Waals surface area contributed by atoms with E-state index >= 15 is 0 Å². The third kappa shape index (κ3) is 3.23. The van der Waals surface area contributed by atoms with Crippen LogP contribution in [0.15, 0.2) is 11.6 Å². The highest BCUT2D eigenvalue weighted by Gasteiger charge is 2.57. The topological polar surface area (TPSA) is 46.6 Å². The molecule has 0 bridgehead atoms. The Balaban J connectivity index is 3.15. The largest absolute Gasteiger partial charge is 0.458 e. The van der Waals surface area contributed by atoms with Crippen molar-refractivity contribution in [3.63, 3.8) is 0 Å². The van der Waals surface area contributed by atoms with Gasteiger partial charge in [-0.05, 0) is 32.7 Å². The SMILES string of the molecule is C/C=C1\C(=O)N([Si](C)(C)C(C)(C)C)C1C(=O)OC(C)(C)C. The molecule has 0 radical (unpaired) electrons. The molecular weight excluding hydrogens is 282 g/mol. The van der Waals surface area contributed by atoms with Crippen LogP contribution < -0.4 is 0 Å². The minimum absolute atomic E-state index is 0.0117. The molecule has 0 spiro atoms. The van der Waals surface area contributed by atoms with Gasteiger partial charge in [0, 0.05) is 5.57 Å². The molecule has 1 aliphatic heterocycles. The van der Waals surface area contributed by atoms with E-state index in [0.717, 1.165) is 0 Å². The van der Waals surface area contributed by atoms with Gasteiger partial charge in [-0.2, -0.15) is 0 Å². The van der Waals surface area contributed by atoms with Crippen molar-refractivity contribution < 1.29 is 14.3 Å². The van der Waals surface area contributed by atoms with Gasteiger partial charge in [0.15, 0.2) is 14.3 Å². The summed E-state index contributed by atoms with van der Waals surface area (Å²) in [6.07, 6.45) is 1.74. The van der Waals surface area contributed by atoms with Gasteiger partial charge in [0.05, 0.1) is 0 Å². The fourth-order valence-electron chi connectivity index (χ4n) is 2.26. The van der Waals surface area contributed by atoms with Crippen molar-refractivity contribution in [3.05, 3.63) is 11.6 Å². The van der Waals surface area contributed by atoms with E-state index < -0.39 is 19.9 Å². The second-order valence-electron chi connectivity index (χ2n) is 8.16. The Morgan fingerprint density at radius 2 is 1.67 bits per heavy atom. The zero-order valence-electron chi connectivity index (χ0n) is 14.8. The van der Waals surface area contributed by atoms with Crippen molar-refractivity contribution in [1.29, 1.82) is 0 Å². The lowest BCUT2D eigenvalue weighted by atomic mass is 9.97. The fraction of sp³-hybridized carbons (Fsp3) is 0.750. The van der Waals surface area contributed by atoms with Gasteiger partial charge in [0.2, 0.25) is 5.91 Å². The van der Waals surface area contributed by atoms with Crippen molar-refractivity contribution in [1.82, 2.24) is 4.57 Å². The predicted molar refractivity (Wildman–Crippen MR) is 87.4 cm³/mol. The first kappa shape index (κ1) is 17.9. The maximum atomic E-state index is 12.5. The fourth-order valence-corrected chi connectivity index (χ4v) is 4.51. The van der Waals surface area contributed by atoms with Gasteiger partial charge in [-0.1, -0.05) is 39.9 Å². The standard InChI is InChI=1S/C16H29NO3Si/c1-10-11-12(14(19)20-15(2,3)4)17(13(11)18)21(8,9)16(5,6)7/h10,12H,1-9H3/b11-10-. The average Bonchev–Trinajstić information content (AvgIpc) is 2.21. The summed E-state index contributed by atoms with van der Waals surface area (Å²) in [5, 5.41) is -0.0117. The van der Waals surface area contributed by atoms with Crippen molar-refractivity contribution in [3.8, 4) is 0 Å². The van der Waals surface area contributed by atoms with Crippen molar-refractivity contribution >= 4 is 20.1 Å². The van der Waals surface area contributed by atoms with Gasteiger partial charge in [0.1, 0.15) is 5.60 Å². The van der Waals surface area contributed by atoms with Gasteiger partial charge in [0.25, 0.3) is 0 Å². The number of esters is 1. The van der Waals surface area contributed by atoms with Crippen LogP contribution >= 0.6 is 0 Å². The Morgan fingerprint density at radius 1 is 1.19 bits per heavy atom. The van der Waals surface area contributed by atoms with Crippen LogP contribution in [0.4, 0.5) is 0 Å². The molecule has 0 aromatic rings. The molecule has 0 N–H and O–H groups in total. The third-order valence-corrected chi connectivity index (χ3v) is 9.73. The van der Waals surface area contributed by atoms with E-state index in [1.165, 1.54) is 0 Å². The molecule has 1 rings (SSSR count). The lowest BCUT2D eigenvalue weighted by molar-refractivity contribution is -0.164. The van der Waals surface area contributed by atoms with Gasteiger partial charge in [-0.3, -0.25) is 4.79 Å².